The van der Waals surface area contributed by atoms with Crippen molar-refractivity contribution in [1.82, 2.24) is 5.32 Å². The number of benzene rings is 1. The van der Waals surface area contributed by atoms with Crippen molar-refractivity contribution < 1.29 is 28.5 Å². The number of methoxy groups -OCH3 is 1. The molecule has 0 saturated heterocycles. The molecule has 2 rings (SSSR count). The molecular weight excluding hydrogens is 320 g/mol. The number of aliphatic hydroxyl groups excluding tert-OH is 1. The van der Waals surface area contributed by atoms with Crippen molar-refractivity contribution >= 4 is 5.91 Å². The maximum atomic E-state index is 13.0. The number of alkyl halides is 2. The molecule has 1 fully saturated rings. The van der Waals surface area contributed by atoms with Crippen LogP contribution in [0.5, 0.6) is 11.5 Å². The zero-order valence-electron chi connectivity index (χ0n) is 13.6. The third kappa shape index (κ3) is 4.80. The Kier molecular flexibility index (Phi) is 5.99. The molecule has 1 aliphatic carbocycles. The Morgan fingerprint density at radius 3 is 2.75 bits per heavy atom. The van der Waals surface area contributed by atoms with Crippen LogP contribution in [-0.2, 0) is 11.2 Å². The Balaban J connectivity index is 1.85. The fourth-order valence-corrected chi connectivity index (χ4v) is 2.97. The normalized spacial score (nSPS) is 17.8. The molecule has 0 bridgehead atoms. The zero-order valence-corrected chi connectivity index (χ0v) is 13.6. The Morgan fingerprint density at radius 2 is 2.17 bits per heavy atom. The van der Waals surface area contributed by atoms with Gasteiger partial charge in [-0.15, -0.1) is 0 Å². The van der Waals surface area contributed by atoms with E-state index in [1.807, 2.05) is 0 Å². The van der Waals surface area contributed by atoms with E-state index in [0.717, 1.165) is 5.56 Å². The summed E-state index contributed by atoms with van der Waals surface area (Å²) in [6.07, 6.45) is 0.424. The molecule has 1 aromatic carbocycles. The first-order valence-corrected chi connectivity index (χ1v) is 7.98. The molecule has 0 radical (unpaired) electrons. The van der Waals surface area contributed by atoms with Crippen molar-refractivity contribution in [1.29, 1.82) is 0 Å². The second-order valence-corrected chi connectivity index (χ2v) is 6.22. The fraction of sp³-hybridized carbons (Fsp3) is 0.588. The van der Waals surface area contributed by atoms with Crippen LogP contribution >= 0.6 is 0 Å². The van der Waals surface area contributed by atoms with Gasteiger partial charge in [0.1, 0.15) is 0 Å². The van der Waals surface area contributed by atoms with Crippen LogP contribution in [0.25, 0.3) is 0 Å². The molecule has 0 aromatic heterocycles. The monoisotopic (exact) mass is 343 g/mol. The lowest BCUT2D eigenvalue weighted by Crippen LogP contribution is -2.50. The van der Waals surface area contributed by atoms with Gasteiger partial charge in [0.05, 0.1) is 7.11 Å². The number of carbonyl (C=O) groups excluding carboxylic acids is 1. The van der Waals surface area contributed by atoms with Gasteiger partial charge in [-0.25, -0.2) is 8.78 Å². The summed E-state index contributed by atoms with van der Waals surface area (Å²) in [5, 5.41) is 21.4. The average molecular weight is 343 g/mol. The second-order valence-electron chi connectivity index (χ2n) is 6.22. The Bertz CT molecular complexity index is 572. The van der Waals surface area contributed by atoms with Crippen molar-refractivity contribution in [3.8, 4) is 11.5 Å². The molecule has 1 unspecified atom stereocenters. The van der Waals surface area contributed by atoms with Gasteiger partial charge in [-0.1, -0.05) is 6.07 Å². The van der Waals surface area contributed by atoms with E-state index in [0.29, 0.717) is 12.2 Å². The maximum Gasteiger partial charge on any atom is 0.248 e. The summed E-state index contributed by atoms with van der Waals surface area (Å²) in [6, 6.07) is 4.43. The van der Waals surface area contributed by atoms with Crippen LogP contribution in [0.3, 0.4) is 0 Å². The van der Waals surface area contributed by atoms with Gasteiger partial charge in [-0.3, -0.25) is 4.79 Å². The summed E-state index contributed by atoms with van der Waals surface area (Å²) in [6.45, 7) is -0.151. The van der Waals surface area contributed by atoms with Gasteiger partial charge in [-0.2, -0.15) is 0 Å². The lowest BCUT2D eigenvalue weighted by Gasteiger charge is -2.40. The molecule has 0 spiro atoms. The lowest BCUT2D eigenvalue weighted by atomic mass is 9.75. The number of amides is 1. The van der Waals surface area contributed by atoms with E-state index < -0.39 is 12.0 Å². The molecule has 1 aromatic rings. The molecular formula is C17H23F2NO4. The Labute approximate surface area is 139 Å². The number of aryl methyl sites for hydroxylation is 1. The Hall–Kier alpha value is -1.89. The molecule has 0 heterocycles. The minimum atomic E-state index is -2.65. The third-order valence-electron chi connectivity index (χ3n) is 4.36. The summed E-state index contributed by atoms with van der Waals surface area (Å²) in [4.78, 5) is 12.1. The minimum Gasteiger partial charge on any atom is -0.504 e. The van der Waals surface area contributed by atoms with Gasteiger partial charge in [-0.05, 0) is 36.5 Å². The minimum absolute atomic E-state index is 0.0274. The summed E-state index contributed by atoms with van der Waals surface area (Å²) in [5.74, 6) is -2.81. The highest BCUT2D eigenvalue weighted by Gasteiger charge is 2.48. The van der Waals surface area contributed by atoms with Crippen LogP contribution < -0.4 is 10.1 Å². The van der Waals surface area contributed by atoms with Gasteiger partial charge < -0.3 is 20.3 Å². The van der Waals surface area contributed by atoms with Gasteiger partial charge in [0.15, 0.2) is 11.5 Å². The smallest absolute Gasteiger partial charge is 0.248 e. The van der Waals surface area contributed by atoms with Crippen LogP contribution in [0.1, 0.15) is 31.2 Å². The van der Waals surface area contributed by atoms with E-state index in [2.05, 4.69) is 5.32 Å². The molecule has 134 valence electrons. The predicted octanol–water partition coefficient (Wildman–Crippen LogP) is 2.25. The fourth-order valence-electron chi connectivity index (χ4n) is 2.97. The highest BCUT2D eigenvalue weighted by Crippen LogP contribution is 2.44. The number of rotatable bonds is 8. The van der Waals surface area contributed by atoms with Crippen LogP contribution in [-0.4, -0.2) is 41.8 Å². The number of ether oxygens (including phenoxy) is 1. The van der Waals surface area contributed by atoms with Gasteiger partial charge in [0.2, 0.25) is 11.8 Å². The van der Waals surface area contributed by atoms with Crippen molar-refractivity contribution in [2.45, 2.75) is 44.1 Å². The molecule has 1 amide bonds. The maximum absolute atomic E-state index is 13.0. The first-order valence-electron chi connectivity index (χ1n) is 7.98. The second kappa shape index (κ2) is 7.79. The van der Waals surface area contributed by atoms with E-state index in [9.17, 15) is 18.7 Å². The summed E-state index contributed by atoms with van der Waals surface area (Å²) < 4.78 is 31.0. The highest BCUT2D eigenvalue weighted by atomic mass is 19.3. The van der Waals surface area contributed by atoms with E-state index in [4.69, 9.17) is 9.84 Å². The number of hydrogen-bond donors (Lipinski definition) is 3. The largest absolute Gasteiger partial charge is 0.504 e. The number of aliphatic hydroxyl groups is 1. The van der Waals surface area contributed by atoms with Crippen molar-refractivity contribution in [2.24, 2.45) is 5.92 Å². The number of phenolic OH excluding ortho intramolecular Hbond substituents is 1. The van der Waals surface area contributed by atoms with Crippen molar-refractivity contribution in [3.63, 3.8) is 0 Å². The molecule has 5 nitrogen and oxygen atoms in total. The molecule has 7 heteroatoms. The average Bonchev–Trinajstić information content (AvgIpc) is 2.51. The molecule has 1 atom stereocenters. The molecule has 1 aliphatic rings. The van der Waals surface area contributed by atoms with E-state index in [-0.39, 0.29) is 49.9 Å². The molecule has 24 heavy (non-hydrogen) atoms. The van der Waals surface area contributed by atoms with E-state index in [1.54, 1.807) is 12.1 Å². The topological polar surface area (TPSA) is 78.8 Å². The van der Waals surface area contributed by atoms with Crippen LogP contribution in [0.15, 0.2) is 18.2 Å². The molecule has 3 N–H and O–H groups in total. The number of nitrogens with one attached hydrogen (secondary N) is 1. The zero-order chi connectivity index (χ0) is 17.7. The highest BCUT2D eigenvalue weighted by molar-refractivity contribution is 5.76. The van der Waals surface area contributed by atoms with Gasteiger partial charge in [0, 0.05) is 31.9 Å². The number of phenols is 1. The Morgan fingerprint density at radius 1 is 1.46 bits per heavy atom. The van der Waals surface area contributed by atoms with Gasteiger partial charge in [0.25, 0.3) is 0 Å². The predicted molar refractivity (Wildman–Crippen MR) is 84.3 cm³/mol. The standard InChI is InChI=1S/C17H23F2NO4/c1-24-15-8-11(2-4-14(15)22)3-5-16(23)20-13(6-7-21)12-9-17(18,19)10-12/h2,4,8,12-13,21-22H,3,5-7,9-10H2,1H3,(H,20,23). The van der Waals surface area contributed by atoms with Crippen LogP contribution in [0.4, 0.5) is 8.78 Å². The van der Waals surface area contributed by atoms with Crippen LogP contribution in [0.2, 0.25) is 0 Å². The molecule has 1 saturated carbocycles. The summed E-state index contributed by atoms with van der Waals surface area (Å²) >= 11 is 0. The number of hydrogen-bond acceptors (Lipinski definition) is 4. The first-order chi connectivity index (χ1) is 11.3. The van der Waals surface area contributed by atoms with Crippen molar-refractivity contribution in [3.05, 3.63) is 23.8 Å². The third-order valence-corrected chi connectivity index (χ3v) is 4.36. The van der Waals surface area contributed by atoms with E-state index in [1.165, 1.54) is 13.2 Å². The molecule has 0 aliphatic heterocycles. The quantitative estimate of drug-likeness (QED) is 0.676. The number of carbonyl (C=O) groups is 1. The summed E-state index contributed by atoms with van der Waals surface area (Å²) in [5.41, 5.74) is 0.827. The van der Waals surface area contributed by atoms with Crippen molar-refractivity contribution in [2.75, 3.05) is 13.7 Å². The SMILES string of the molecule is COc1cc(CCC(=O)NC(CCO)C2CC(F)(F)C2)ccc1O. The summed E-state index contributed by atoms with van der Waals surface area (Å²) in [7, 11) is 1.44. The van der Waals surface area contributed by atoms with Crippen LogP contribution in [0, 0.1) is 5.92 Å². The number of halogens is 2. The lowest BCUT2D eigenvalue weighted by molar-refractivity contribution is -0.132. The van der Waals surface area contributed by atoms with E-state index >= 15 is 0 Å². The first kappa shape index (κ1) is 18.4. The number of aromatic hydroxyl groups is 1. The van der Waals surface area contributed by atoms with Gasteiger partial charge >= 0.3 is 0 Å².